The molecule has 3 aliphatic rings. The van der Waals surface area contributed by atoms with Gasteiger partial charge in [-0.1, -0.05) is 6.58 Å². The fourth-order valence-corrected chi connectivity index (χ4v) is 4.84. The molecule has 32 heavy (non-hydrogen) atoms. The van der Waals surface area contributed by atoms with Crippen LogP contribution < -0.4 is 10.5 Å². The number of piperidine rings is 1. The van der Waals surface area contributed by atoms with Crippen LogP contribution in [0.5, 0.6) is 0 Å². The summed E-state index contributed by atoms with van der Waals surface area (Å²) in [4.78, 5) is 24.9. The molecule has 1 saturated carbocycles. The predicted octanol–water partition coefficient (Wildman–Crippen LogP) is 2.02. The number of carbonyl (C=O) groups excluding carboxylic acids is 1. The molecule has 8 heteroatoms. The van der Waals surface area contributed by atoms with Crippen LogP contribution in [0.25, 0.3) is 0 Å². The van der Waals surface area contributed by atoms with Crippen LogP contribution in [0.2, 0.25) is 0 Å². The van der Waals surface area contributed by atoms with E-state index in [0.29, 0.717) is 38.4 Å². The van der Waals surface area contributed by atoms with Crippen molar-refractivity contribution in [2.75, 3.05) is 19.6 Å². The van der Waals surface area contributed by atoms with E-state index in [1.54, 1.807) is 11.1 Å². The first-order valence-corrected chi connectivity index (χ1v) is 11.5. The molecule has 8 nitrogen and oxygen atoms in total. The Labute approximate surface area is 190 Å². The highest BCUT2D eigenvalue weighted by molar-refractivity contribution is 5.87. The fourth-order valence-electron chi connectivity index (χ4n) is 4.84. The molecule has 1 atom stereocenters. The first-order valence-electron chi connectivity index (χ1n) is 11.5. The molecule has 1 aromatic heterocycles. The van der Waals surface area contributed by atoms with Crippen LogP contribution in [0, 0.1) is 11.3 Å². The second-order valence-corrected chi connectivity index (χ2v) is 9.51. The molecule has 3 heterocycles. The second-order valence-electron chi connectivity index (χ2n) is 9.51. The van der Waals surface area contributed by atoms with Crippen LogP contribution in [0.15, 0.2) is 40.8 Å². The zero-order valence-corrected chi connectivity index (χ0v) is 19.1. The number of nitrogens with zero attached hydrogens (tertiary/aromatic N) is 5. The molecule has 2 aliphatic heterocycles. The summed E-state index contributed by atoms with van der Waals surface area (Å²) in [5.74, 6) is 0.669. The maximum absolute atomic E-state index is 12.6. The third kappa shape index (κ3) is 5.11. The molecule has 0 bridgehead atoms. The van der Waals surface area contributed by atoms with Gasteiger partial charge in [0, 0.05) is 62.9 Å². The van der Waals surface area contributed by atoms with E-state index < -0.39 is 0 Å². The third-order valence-electron chi connectivity index (χ3n) is 7.05. The Morgan fingerprint density at radius 1 is 1.25 bits per heavy atom. The van der Waals surface area contributed by atoms with Gasteiger partial charge in [-0.3, -0.25) is 20.2 Å². The summed E-state index contributed by atoms with van der Waals surface area (Å²) >= 11 is 0. The first kappa shape index (κ1) is 22.3. The van der Waals surface area contributed by atoms with Gasteiger partial charge in [0.05, 0.1) is 6.02 Å². The van der Waals surface area contributed by atoms with E-state index in [2.05, 4.69) is 27.1 Å². The van der Waals surface area contributed by atoms with Crippen LogP contribution in [-0.2, 0) is 17.9 Å². The number of aliphatic imine (C=N–C) groups is 1. The number of nitrogens with one attached hydrogen (secondary N) is 1. The normalized spacial score (nSPS) is 22.1. The summed E-state index contributed by atoms with van der Waals surface area (Å²) in [5.41, 5.74) is 7.09. The first-order chi connectivity index (χ1) is 15.4. The number of fused-ring (bicyclic) bond motifs is 1. The van der Waals surface area contributed by atoms with Crippen LogP contribution in [0.4, 0.5) is 0 Å². The molecule has 1 N–H and O–H groups in total. The summed E-state index contributed by atoms with van der Waals surface area (Å²) in [6.45, 7) is 11.0. The maximum Gasteiger partial charge on any atom is 0.222 e. The molecule has 2 fully saturated rings. The topological polar surface area (TPSA) is 96.2 Å². The number of amidine groups is 1. The van der Waals surface area contributed by atoms with Crippen molar-refractivity contribution in [1.82, 2.24) is 20.2 Å². The number of hydrogen-bond acceptors (Lipinski definition) is 6. The van der Waals surface area contributed by atoms with E-state index in [-0.39, 0.29) is 17.3 Å². The number of pyridine rings is 1. The summed E-state index contributed by atoms with van der Waals surface area (Å²) in [6, 6.07) is 1.86. The highest BCUT2D eigenvalue weighted by atomic mass is 16.3. The van der Waals surface area contributed by atoms with Crippen LogP contribution in [-0.4, -0.2) is 52.1 Å². The Bertz CT molecular complexity index is 907. The number of hydrazone groups is 1. The third-order valence-corrected chi connectivity index (χ3v) is 7.05. The number of allylic oxidation sites excluding steroid dienone is 1. The van der Waals surface area contributed by atoms with Gasteiger partial charge in [-0.05, 0) is 68.1 Å². The van der Waals surface area contributed by atoms with Gasteiger partial charge in [0.2, 0.25) is 5.91 Å². The Balaban J connectivity index is 1.19. The van der Waals surface area contributed by atoms with Crippen molar-refractivity contribution >= 4 is 17.6 Å². The molecule has 1 amide bonds. The van der Waals surface area contributed by atoms with Crippen molar-refractivity contribution < 1.29 is 9.90 Å². The quantitative estimate of drug-likeness (QED) is 0.400. The van der Waals surface area contributed by atoms with Crippen molar-refractivity contribution in [1.29, 1.82) is 0 Å². The number of amides is 1. The molecule has 1 saturated heterocycles. The van der Waals surface area contributed by atoms with E-state index >= 15 is 0 Å². The van der Waals surface area contributed by atoms with E-state index in [1.807, 2.05) is 31.0 Å². The zero-order valence-electron chi connectivity index (χ0n) is 19.1. The van der Waals surface area contributed by atoms with Gasteiger partial charge in [-0.15, -0.1) is 0 Å². The van der Waals surface area contributed by atoms with Crippen LogP contribution in [0.1, 0.15) is 57.1 Å². The molecule has 1 unspecified atom stereocenters. The van der Waals surface area contributed by atoms with Crippen molar-refractivity contribution in [3.63, 3.8) is 0 Å². The van der Waals surface area contributed by atoms with Gasteiger partial charge in [0.1, 0.15) is 0 Å². The van der Waals surface area contributed by atoms with Gasteiger partial charge in [0.25, 0.3) is 0 Å². The summed E-state index contributed by atoms with van der Waals surface area (Å²) < 4.78 is 0. The number of rotatable bonds is 7. The standard InChI is InChI=1S/C24H34N6O2/c1-17(2)27-28-18(3)4-5-22(31)29-10-7-24(8-11-29)12-21(24)14-26-23(32)30-15-19-6-9-25-13-20(19)16-30/h6,9,13,21,27H,1,4-5,7-8,10-12,14-16H2,2-3H3,(H,26,32)/p-1/b28-18-. The molecule has 4 rings (SSSR count). The van der Waals surface area contributed by atoms with Gasteiger partial charge >= 0.3 is 0 Å². The molecule has 172 valence electrons. The van der Waals surface area contributed by atoms with Gasteiger partial charge < -0.3 is 14.9 Å². The molecular formula is C24H33N6O2-. The SMILES string of the molecule is C=C(C)N/N=C(/C)CCC(=O)N1CCC2(CC1)CC2CN=C([O-])N1Cc2ccncc2C1. The van der Waals surface area contributed by atoms with Crippen molar-refractivity contribution in [2.45, 2.75) is 59.0 Å². The average Bonchev–Trinajstić information content (AvgIpc) is 3.26. The number of likely N-dealkylation sites (tertiary alicyclic amines) is 1. The van der Waals surface area contributed by atoms with Crippen LogP contribution in [0.3, 0.4) is 0 Å². The fraction of sp³-hybridized carbons (Fsp3) is 0.583. The Kier molecular flexibility index (Phi) is 6.48. The van der Waals surface area contributed by atoms with E-state index in [1.165, 1.54) is 0 Å². The Hall–Kier alpha value is -2.90. The number of aromatic nitrogens is 1. The van der Waals surface area contributed by atoms with Crippen molar-refractivity contribution in [2.24, 2.45) is 21.4 Å². The minimum Gasteiger partial charge on any atom is -0.846 e. The lowest BCUT2D eigenvalue weighted by Gasteiger charge is -2.33. The van der Waals surface area contributed by atoms with Gasteiger partial charge in [-0.25, -0.2) is 0 Å². The highest BCUT2D eigenvalue weighted by Crippen LogP contribution is 2.59. The molecule has 0 radical (unpaired) electrons. The lowest BCUT2D eigenvalue weighted by molar-refractivity contribution is -0.236. The van der Waals surface area contributed by atoms with E-state index in [0.717, 1.165) is 54.9 Å². The predicted molar refractivity (Wildman–Crippen MR) is 122 cm³/mol. The summed E-state index contributed by atoms with van der Waals surface area (Å²) in [5, 5.41) is 16.7. The Morgan fingerprint density at radius 2 is 2.00 bits per heavy atom. The number of hydrogen-bond donors (Lipinski definition) is 1. The smallest absolute Gasteiger partial charge is 0.222 e. The zero-order chi connectivity index (χ0) is 22.7. The van der Waals surface area contributed by atoms with Crippen molar-refractivity contribution in [3.05, 3.63) is 41.9 Å². The lowest BCUT2D eigenvalue weighted by Crippen LogP contribution is -2.40. The molecular weight excluding hydrogens is 404 g/mol. The van der Waals surface area contributed by atoms with Crippen LogP contribution >= 0.6 is 0 Å². The van der Waals surface area contributed by atoms with Gasteiger partial charge in [-0.2, -0.15) is 5.10 Å². The largest absolute Gasteiger partial charge is 0.846 e. The molecule has 0 aromatic carbocycles. The minimum absolute atomic E-state index is 0.117. The maximum atomic E-state index is 12.6. The van der Waals surface area contributed by atoms with Crippen molar-refractivity contribution in [3.8, 4) is 0 Å². The highest BCUT2D eigenvalue weighted by Gasteiger charge is 2.54. The minimum atomic E-state index is -0.117. The Morgan fingerprint density at radius 3 is 2.72 bits per heavy atom. The molecule has 1 aliphatic carbocycles. The monoisotopic (exact) mass is 437 g/mol. The summed E-state index contributed by atoms with van der Waals surface area (Å²) in [7, 11) is 0. The second kappa shape index (κ2) is 9.30. The lowest BCUT2D eigenvalue weighted by atomic mass is 9.90. The van der Waals surface area contributed by atoms with E-state index in [4.69, 9.17) is 0 Å². The number of carbonyl (C=O) groups is 1. The van der Waals surface area contributed by atoms with Gasteiger partial charge in [0.15, 0.2) is 0 Å². The van der Waals surface area contributed by atoms with E-state index in [9.17, 15) is 9.90 Å². The average molecular weight is 438 g/mol. The molecule has 1 aromatic rings. The summed E-state index contributed by atoms with van der Waals surface area (Å²) in [6.07, 6.45) is 7.89. The molecule has 1 spiro atoms.